The maximum absolute atomic E-state index is 12.7. The van der Waals surface area contributed by atoms with Crippen LogP contribution < -0.4 is 5.76 Å². The minimum atomic E-state index is -0.512. The van der Waals surface area contributed by atoms with E-state index >= 15 is 0 Å². The summed E-state index contributed by atoms with van der Waals surface area (Å²) in [6.45, 7) is 2.15. The number of furan rings is 1. The summed E-state index contributed by atoms with van der Waals surface area (Å²) in [7, 11) is 0. The summed E-state index contributed by atoms with van der Waals surface area (Å²) in [6.07, 6.45) is 2.42. The Balaban J connectivity index is 1.40. The van der Waals surface area contributed by atoms with Crippen LogP contribution in [0.4, 0.5) is 0 Å². The number of rotatable bonds is 3. The minimum absolute atomic E-state index is 0.00695. The zero-order valence-corrected chi connectivity index (χ0v) is 14.6. The summed E-state index contributed by atoms with van der Waals surface area (Å²) < 4.78 is 10.1. The van der Waals surface area contributed by atoms with Gasteiger partial charge in [0.15, 0.2) is 11.3 Å². The van der Waals surface area contributed by atoms with Gasteiger partial charge in [-0.15, -0.1) is 0 Å². The Hall–Kier alpha value is -3.29. The third-order valence-corrected chi connectivity index (χ3v) is 4.71. The first-order valence-electron chi connectivity index (χ1n) is 8.82. The zero-order valence-electron chi connectivity index (χ0n) is 14.6. The molecule has 0 saturated carbocycles. The molecule has 2 amide bonds. The van der Waals surface area contributed by atoms with Gasteiger partial charge in [0.2, 0.25) is 5.91 Å². The molecule has 4 rings (SSSR count). The molecule has 2 aromatic heterocycles. The van der Waals surface area contributed by atoms with Gasteiger partial charge in [-0.1, -0.05) is 6.07 Å². The number of carbonyl (C=O) groups excluding carboxylic acids is 2. The van der Waals surface area contributed by atoms with E-state index in [2.05, 4.69) is 4.98 Å². The van der Waals surface area contributed by atoms with E-state index in [1.807, 2.05) is 0 Å². The standard InChI is InChI=1S/C19H19N3O5/c23-17(12-13-4-5-15-14(11-13)20-19(25)27-15)21-6-2-7-22(9-8-21)18(24)16-3-1-10-26-16/h1,3-5,10-11H,2,6-9,12H2,(H,20,25). The van der Waals surface area contributed by atoms with Gasteiger partial charge in [0, 0.05) is 26.2 Å². The van der Waals surface area contributed by atoms with Crippen LogP contribution in [0.15, 0.2) is 50.2 Å². The van der Waals surface area contributed by atoms with Crippen LogP contribution in [-0.4, -0.2) is 52.8 Å². The summed E-state index contributed by atoms with van der Waals surface area (Å²) in [4.78, 5) is 42.4. The van der Waals surface area contributed by atoms with Gasteiger partial charge >= 0.3 is 5.76 Å². The summed E-state index contributed by atoms with van der Waals surface area (Å²) >= 11 is 0. The van der Waals surface area contributed by atoms with Gasteiger partial charge < -0.3 is 18.6 Å². The highest BCUT2D eigenvalue weighted by Crippen LogP contribution is 2.15. The Morgan fingerprint density at radius 2 is 1.89 bits per heavy atom. The predicted octanol–water partition coefficient (Wildman–Crippen LogP) is 1.63. The molecule has 1 N–H and O–H groups in total. The highest BCUT2D eigenvalue weighted by atomic mass is 16.4. The van der Waals surface area contributed by atoms with Gasteiger partial charge in [-0.3, -0.25) is 14.6 Å². The molecular weight excluding hydrogens is 350 g/mol. The third-order valence-electron chi connectivity index (χ3n) is 4.71. The molecule has 8 heteroatoms. The van der Waals surface area contributed by atoms with E-state index in [0.29, 0.717) is 49.5 Å². The Morgan fingerprint density at radius 1 is 1.07 bits per heavy atom. The van der Waals surface area contributed by atoms with Crippen LogP contribution in [0.5, 0.6) is 0 Å². The normalized spacial score (nSPS) is 15.1. The fourth-order valence-electron chi connectivity index (χ4n) is 3.32. The van der Waals surface area contributed by atoms with E-state index in [0.717, 1.165) is 5.56 Å². The summed E-state index contributed by atoms with van der Waals surface area (Å²) in [6, 6.07) is 8.55. The molecule has 1 fully saturated rings. The number of carbonyl (C=O) groups is 2. The average Bonchev–Trinajstić information content (AvgIpc) is 3.23. The topological polar surface area (TPSA) is 99.8 Å². The lowest BCUT2D eigenvalue weighted by molar-refractivity contribution is -0.130. The number of fused-ring (bicyclic) bond motifs is 1. The molecule has 0 radical (unpaired) electrons. The lowest BCUT2D eigenvalue weighted by Crippen LogP contribution is -2.37. The van der Waals surface area contributed by atoms with E-state index in [-0.39, 0.29) is 18.2 Å². The molecule has 0 spiro atoms. The highest BCUT2D eigenvalue weighted by molar-refractivity contribution is 5.91. The molecular formula is C19H19N3O5. The third kappa shape index (κ3) is 3.64. The first-order chi connectivity index (χ1) is 13.1. The van der Waals surface area contributed by atoms with Crippen LogP contribution >= 0.6 is 0 Å². The van der Waals surface area contributed by atoms with Crippen molar-refractivity contribution in [3.63, 3.8) is 0 Å². The first kappa shape index (κ1) is 17.1. The average molecular weight is 369 g/mol. The number of H-pyrrole nitrogens is 1. The molecule has 0 bridgehead atoms. The summed E-state index contributed by atoms with van der Waals surface area (Å²) in [5.41, 5.74) is 1.85. The Kier molecular flexibility index (Phi) is 4.53. The second kappa shape index (κ2) is 7.14. The van der Waals surface area contributed by atoms with E-state index in [4.69, 9.17) is 8.83 Å². The van der Waals surface area contributed by atoms with Crippen molar-refractivity contribution < 1.29 is 18.4 Å². The van der Waals surface area contributed by atoms with Crippen molar-refractivity contribution >= 4 is 22.9 Å². The molecule has 1 aliphatic rings. The number of oxazole rings is 1. The molecule has 0 unspecified atom stereocenters. The Bertz CT molecular complexity index is 1020. The number of amides is 2. The summed E-state index contributed by atoms with van der Waals surface area (Å²) in [5.74, 6) is -0.351. The number of aromatic nitrogens is 1. The maximum atomic E-state index is 12.7. The lowest BCUT2D eigenvalue weighted by Gasteiger charge is -2.21. The van der Waals surface area contributed by atoms with Crippen LogP contribution in [0.1, 0.15) is 22.5 Å². The van der Waals surface area contributed by atoms with E-state index in [1.165, 1.54) is 6.26 Å². The Labute approximate surface area is 154 Å². The largest absolute Gasteiger partial charge is 0.459 e. The zero-order chi connectivity index (χ0) is 18.8. The van der Waals surface area contributed by atoms with Crippen molar-refractivity contribution in [2.45, 2.75) is 12.8 Å². The maximum Gasteiger partial charge on any atom is 0.417 e. The van der Waals surface area contributed by atoms with Gasteiger partial charge in [0.1, 0.15) is 0 Å². The molecule has 1 aliphatic heterocycles. The first-order valence-corrected chi connectivity index (χ1v) is 8.82. The quantitative estimate of drug-likeness (QED) is 0.756. The van der Waals surface area contributed by atoms with Gasteiger partial charge in [-0.05, 0) is 36.2 Å². The number of hydrogen-bond donors (Lipinski definition) is 1. The lowest BCUT2D eigenvalue weighted by atomic mass is 10.1. The monoisotopic (exact) mass is 369 g/mol. The predicted molar refractivity (Wildman–Crippen MR) is 96.3 cm³/mol. The second-order valence-electron chi connectivity index (χ2n) is 6.53. The van der Waals surface area contributed by atoms with E-state index in [9.17, 15) is 14.4 Å². The Morgan fingerprint density at radius 3 is 2.70 bits per heavy atom. The highest BCUT2D eigenvalue weighted by Gasteiger charge is 2.24. The second-order valence-corrected chi connectivity index (χ2v) is 6.53. The van der Waals surface area contributed by atoms with Crippen molar-refractivity contribution in [2.24, 2.45) is 0 Å². The van der Waals surface area contributed by atoms with Crippen LogP contribution in [0.3, 0.4) is 0 Å². The fraction of sp³-hybridized carbons (Fsp3) is 0.316. The number of hydrogen-bond acceptors (Lipinski definition) is 5. The molecule has 1 saturated heterocycles. The number of nitrogens with one attached hydrogen (secondary N) is 1. The van der Waals surface area contributed by atoms with Crippen molar-refractivity contribution in [1.29, 1.82) is 0 Å². The molecule has 0 aliphatic carbocycles. The molecule has 8 nitrogen and oxygen atoms in total. The van der Waals surface area contributed by atoms with E-state index < -0.39 is 5.76 Å². The number of aromatic amines is 1. The van der Waals surface area contributed by atoms with Gasteiger partial charge in [-0.2, -0.15) is 0 Å². The van der Waals surface area contributed by atoms with Gasteiger partial charge in [0.25, 0.3) is 5.91 Å². The summed E-state index contributed by atoms with van der Waals surface area (Å²) in [5, 5.41) is 0. The van der Waals surface area contributed by atoms with Crippen molar-refractivity contribution in [1.82, 2.24) is 14.8 Å². The minimum Gasteiger partial charge on any atom is -0.459 e. The van der Waals surface area contributed by atoms with Crippen molar-refractivity contribution in [3.8, 4) is 0 Å². The van der Waals surface area contributed by atoms with Crippen LogP contribution in [0.25, 0.3) is 11.1 Å². The molecule has 140 valence electrons. The van der Waals surface area contributed by atoms with Crippen molar-refractivity contribution in [2.75, 3.05) is 26.2 Å². The number of nitrogens with zero attached hydrogens (tertiary/aromatic N) is 2. The van der Waals surface area contributed by atoms with Crippen LogP contribution in [0.2, 0.25) is 0 Å². The molecule has 3 aromatic rings. The molecule has 3 heterocycles. The fourth-order valence-corrected chi connectivity index (χ4v) is 3.32. The molecule has 1 aromatic carbocycles. The number of benzene rings is 1. The van der Waals surface area contributed by atoms with Gasteiger partial charge in [-0.25, -0.2) is 4.79 Å². The van der Waals surface area contributed by atoms with Crippen LogP contribution in [-0.2, 0) is 11.2 Å². The van der Waals surface area contributed by atoms with E-state index in [1.54, 1.807) is 40.1 Å². The van der Waals surface area contributed by atoms with Crippen molar-refractivity contribution in [3.05, 3.63) is 58.5 Å². The SMILES string of the molecule is O=C(Cc1ccc2oc(=O)[nH]c2c1)N1CCCN(C(=O)c2ccco2)CC1. The smallest absolute Gasteiger partial charge is 0.417 e. The van der Waals surface area contributed by atoms with Gasteiger partial charge in [0.05, 0.1) is 18.2 Å². The molecule has 0 atom stereocenters. The van der Waals surface area contributed by atoms with Crippen LogP contribution in [0, 0.1) is 0 Å². The molecule has 27 heavy (non-hydrogen) atoms.